The van der Waals surface area contributed by atoms with Crippen LogP contribution in [-0.4, -0.2) is 29.0 Å². The molecule has 0 aliphatic carbocycles. The third kappa shape index (κ3) is 3.70. The number of quaternary nitrogens is 1. The molecule has 0 saturated heterocycles. The lowest BCUT2D eigenvalue weighted by Crippen LogP contribution is -3.06. The number of hydrogen-bond donors (Lipinski definition) is 2. The molecule has 0 bridgehead atoms. The molecule has 3 aromatic carbocycles. The molecule has 0 saturated carbocycles. The highest BCUT2D eigenvalue weighted by atomic mass is 16.5. The number of hydrogen-bond acceptors (Lipinski definition) is 3. The Balaban J connectivity index is 1.55. The summed E-state index contributed by atoms with van der Waals surface area (Å²) in [4.78, 5) is 1.26. The molecule has 1 heterocycles. The fourth-order valence-corrected chi connectivity index (χ4v) is 3.55. The van der Waals surface area contributed by atoms with Gasteiger partial charge in [0.05, 0.1) is 31.6 Å². The van der Waals surface area contributed by atoms with Gasteiger partial charge in [-0.25, -0.2) is 4.68 Å². The van der Waals surface area contributed by atoms with Gasteiger partial charge in [0.1, 0.15) is 24.6 Å². The summed E-state index contributed by atoms with van der Waals surface area (Å²) in [6.45, 7) is 1.51. The van der Waals surface area contributed by atoms with Crippen LogP contribution < -0.4 is 9.64 Å². The maximum absolute atomic E-state index is 10.5. The molecule has 1 unspecified atom stereocenters. The molecule has 0 aliphatic heterocycles. The molecule has 1 aromatic heterocycles. The number of para-hydroxylation sites is 1. The van der Waals surface area contributed by atoms with Crippen molar-refractivity contribution in [3.8, 4) is 17.2 Å². The Morgan fingerprint density at radius 3 is 2.61 bits per heavy atom. The largest absolute Gasteiger partial charge is 0.507 e. The van der Waals surface area contributed by atoms with E-state index in [4.69, 9.17) is 4.74 Å². The van der Waals surface area contributed by atoms with E-state index in [1.54, 1.807) is 13.2 Å². The molecule has 142 valence electrons. The summed E-state index contributed by atoms with van der Waals surface area (Å²) in [5.41, 5.74) is 3.13. The van der Waals surface area contributed by atoms with E-state index in [1.165, 1.54) is 4.90 Å². The number of nitrogens with one attached hydrogen (secondary N) is 1. The fraction of sp³-hybridized carbons (Fsp3) is 0.174. The van der Waals surface area contributed by atoms with Crippen LogP contribution in [0.5, 0.6) is 11.5 Å². The number of aromatic hydroxyl groups is 1. The number of aromatic nitrogens is 2. The van der Waals surface area contributed by atoms with Gasteiger partial charge in [0.15, 0.2) is 0 Å². The number of fused-ring (bicyclic) bond motifs is 1. The number of nitrogens with zero attached hydrogens (tertiary/aromatic N) is 2. The van der Waals surface area contributed by atoms with Crippen LogP contribution >= 0.6 is 0 Å². The summed E-state index contributed by atoms with van der Waals surface area (Å²) >= 11 is 0. The Morgan fingerprint density at radius 2 is 1.82 bits per heavy atom. The zero-order valence-corrected chi connectivity index (χ0v) is 16.1. The highest BCUT2D eigenvalue weighted by molar-refractivity contribution is 5.88. The summed E-state index contributed by atoms with van der Waals surface area (Å²) < 4.78 is 7.25. The van der Waals surface area contributed by atoms with Crippen molar-refractivity contribution in [2.75, 3.05) is 14.2 Å². The lowest BCUT2D eigenvalue weighted by molar-refractivity contribution is -0.907. The van der Waals surface area contributed by atoms with Gasteiger partial charge in [-0.2, -0.15) is 5.10 Å². The monoisotopic (exact) mass is 374 g/mol. The maximum Gasteiger partial charge on any atom is 0.125 e. The van der Waals surface area contributed by atoms with Crippen molar-refractivity contribution in [3.05, 3.63) is 84.2 Å². The van der Waals surface area contributed by atoms with E-state index in [9.17, 15) is 5.11 Å². The number of rotatable bonds is 6. The summed E-state index contributed by atoms with van der Waals surface area (Å²) in [6.07, 6.45) is 3.97. The van der Waals surface area contributed by atoms with Crippen LogP contribution in [0.4, 0.5) is 0 Å². The van der Waals surface area contributed by atoms with Gasteiger partial charge in [0, 0.05) is 11.8 Å². The number of methoxy groups -OCH3 is 1. The lowest BCUT2D eigenvalue weighted by Gasteiger charge is -2.16. The fourth-order valence-electron chi connectivity index (χ4n) is 3.55. The molecule has 5 heteroatoms. The number of phenolic OH excluding ortho intramolecular Hbond substituents is 1. The lowest BCUT2D eigenvalue weighted by atomic mass is 10.0. The highest BCUT2D eigenvalue weighted by Crippen LogP contribution is 2.29. The van der Waals surface area contributed by atoms with E-state index in [0.29, 0.717) is 12.3 Å². The number of ether oxygens (including phenoxy) is 1. The average molecular weight is 374 g/mol. The van der Waals surface area contributed by atoms with Crippen molar-refractivity contribution in [1.29, 1.82) is 0 Å². The first kappa shape index (κ1) is 18.1. The first-order valence-electron chi connectivity index (χ1n) is 9.33. The Hall–Kier alpha value is -3.31. The highest BCUT2D eigenvalue weighted by Gasteiger charge is 2.14. The zero-order chi connectivity index (χ0) is 19.5. The van der Waals surface area contributed by atoms with E-state index in [-0.39, 0.29) is 0 Å². The average Bonchev–Trinajstić information content (AvgIpc) is 3.19. The van der Waals surface area contributed by atoms with Crippen LogP contribution in [0, 0.1) is 0 Å². The minimum Gasteiger partial charge on any atom is -0.507 e. The predicted molar refractivity (Wildman–Crippen MR) is 110 cm³/mol. The van der Waals surface area contributed by atoms with Crippen LogP contribution in [0.15, 0.2) is 73.1 Å². The second kappa shape index (κ2) is 7.74. The second-order valence-corrected chi connectivity index (χ2v) is 7.09. The number of phenols is 1. The summed E-state index contributed by atoms with van der Waals surface area (Å²) in [5, 5.41) is 17.1. The SMILES string of the molecule is COc1ccc2ccc(O)c(C[NH+](C)Cc3cnn(-c4ccccc4)c3)c2c1. The van der Waals surface area contributed by atoms with Gasteiger partial charge >= 0.3 is 0 Å². The first-order chi connectivity index (χ1) is 13.6. The molecule has 0 fully saturated rings. The second-order valence-electron chi connectivity index (χ2n) is 7.09. The van der Waals surface area contributed by atoms with Crippen LogP contribution in [0.3, 0.4) is 0 Å². The zero-order valence-electron chi connectivity index (χ0n) is 16.1. The van der Waals surface area contributed by atoms with E-state index in [1.807, 2.05) is 65.5 Å². The van der Waals surface area contributed by atoms with Crippen LogP contribution in [0.1, 0.15) is 11.1 Å². The third-order valence-electron chi connectivity index (χ3n) is 4.96. The van der Waals surface area contributed by atoms with Gasteiger partial charge in [0.25, 0.3) is 0 Å². The van der Waals surface area contributed by atoms with E-state index < -0.39 is 0 Å². The van der Waals surface area contributed by atoms with Gasteiger partial charge in [0.2, 0.25) is 0 Å². The minimum absolute atomic E-state index is 0.320. The Morgan fingerprint density at radius 1 is 1.04 bits per heavy atom. The smallest absolute Gasteiger partial charge is 0.125 e. The Bertz CT molecular complexity index is 1090. The van der Waals surface area contributed by atoms with E-state index >= 15 is 0 Å². The van der Waals surface area contributed by atoms with Gasteiger partial charge in [-0.15, -0.1) is 0 Å². The molecule has 5 nitrogen and oxygen atoms in total. The predicted octanol–water partition coefficient (Wildman–Crippen LogP) is 2.95. The Kier molecular flexibility index (Phi) is 5.00. The van der Waals surface area contributed by atoms with Gasteiger partial charge in [-0.3, -0.25) is 0 Å². The summed E-state index contributed by atoms with van der Waals surface area (Å²) in [7, 11) is 3.78. The van der Waals surface area contributed by atoms with Gasteiger partial charge in [-0.1, -0.05) is 30.3 Å². The molecule has 4 rings (SSSR count). The molecule has 0 spiro atoms. The summed E-state index contributed by atoms with van der Waals surface area (Å²) in [5.74, 6) is 1.11. The van der Waals surface area contributed by atoms with Crippen LogP contribution in [-0.2, 0) is 13.1 Å². The van der Waals surface area contributed by atoms with Crippen molar-refractivity contribution in [2.45, 2.75) is 13.1 Å². The third-order valence-corrected chi connectivity index (χ3v) is 4.96. The topological polar surface area (TPSA) is 51.7 Å². The molecule has 2 N–H and O–H groups in total. The minimum atomic E-state index is 0.320. The summed E-state index contributed by atoms with van der Waals surface area (Å²) in [6, 6.07) is 19.7. The van der Waals surface area contributed by atoms with Crippen molar-refractivity contribution in [3.63, 3.8) is 0 Å². The van der Waals surface area contributed by atoms with Crippen molar-refractivity contribution in [2.24, 2.45) is 0 Å². The normalized spacial score (nSPS) is 12.2. The molecule has 4 aromatic rings. The molecule has 0 radical (unpaired) electrons. The standard InChI is InChI=1S/C23H23N3O2/c1-25(14-17-13-24-26(15-17)19-6-4-3-5-7-19)16-22-21-12-20(28-2)10-8-18(21)9-11-23(22)27/h3-13,15,27H,14,16H2,1-2H3/p+1. The molecule has 28 heavy (non-hydrogen) atoms. The van der Waals surface area contributed by atoms with E-state index in [2.05, 4.69) is 18.3 Å². The quantitative estimate of drug-likeness (QED) is 0.546. The molecular weight excluding hydrogens is 350 g/mol. The molecule has 0 aliphatic rings. The maximum atomic E-state index is 10.5. The van der Waals surface area contributed by atoms with Gasteiger partial charge in [-0.05, 0) is 41.1 Å². The molecular formula is C23H24N3O2+. The van der Waals surface area contributed by atoms with Crippen molar-refractivity contribution >= 4 is 10.8 Å². The van der Waals surface area contributed by atoms with Crippen molar-refractivity contribution < 1.29 is 14.7 Å². The van der Waals surface area contributed by atoms with Crippen LogP contribution in [0.25, 0.3) is 16.5 Å². The van der Waals surface area contributed by atoms with Gasteiger partial charge < -0.3 is 14.7 Å². The molecule has 1 atom stereocenters. The Labute approximate surface area is 164 Å². The first-order valence-corrected chi connectivity index (χ1v) is 9.33. The van der Waals surface area contributed by atoms with Crippen LogP contribution in [0.2, 0.25) is 0 Å². The van der Waals surface area contributed by atoms with E-state index in [0.717, 1.165) is 39.9 Å². The number of benzene rings is 3. The van der Waals surface area contributed by atoms with Crippen molar-refractivity contribution in [1.82, 2.24) is 9.78 Å². The molecule has 0 amide bonds.